The van der Waals surface area contributed by atoms with E-state index in [0.717, 1.165) is 42.3 Å². The molecule has 1 aliphatic rings. The van der Waals surface area contributed by atoms with Crippen LogP contribution in [0.4, 0.5) is 11.5 Å². The number of fused-ring (bicyclic) bond motifs is 1. The summed E-state index contributed by atoms with van der Waals surface area (Å²) in [4.78, 5) is 49.5. The fourth-order valence-corrected chi connectivity index (χ4v) is 4.90. The average Bonchev–Trinajstić information content (AvgIpc) is 3.50. The highest BCUT2D eigenvalue weighted by molar-refractivity contribution is 6.06. The van der Waals surface area contributed by atoms with Crippen LogP contribution < -0.4 is 10.2 Å². The van der Waals surface area contributed by atoms with Crippen LogP contribution in [0, 0.1) is 0 Å². The molecule has 1 fully saturated rings. The van der Waals surface area contributed by atoms with Gasteiger partial charge in [0.1, 0.15) is 11.6 Å². The Hall–Kier alpha value is -4.79. The number of anilines is 2. The summed E-state index contributed by atoms with van der Waals surface area (Å²) in [5, 5.41) is 14.4. The highest BCUT2D eigenvalue weighted by Crippen LogP contribution is 2.21. The Balaban J connectivity index is 1.27. The van der Waals surface area contributed by atoms with Crippen LogP contribution in [0.3, 0.4) is 0 Å². The number of hydrogen-bond donors (Lipinski definition) is 2. The Morgan fingerprint density at radius 1 is 0.975 bits per heavy atom. The minimum absolute atomic E-state index is 0.00256. The number of likely N-dealkylation sites (tertiary alicyclic amines) is 1. The van der Waals surface area contributed by atoms with Crippen molar-refractivity contribution in [3.63, 3.8) is 0 Å². The molecule has 4 aromatic rings. The first-order chi connectivity index (χ1) is 19.4. The number of aromatic nitrogens is 2. The zero-order chi connectivity index (χ0) is 28.1. The van der Waals surface area contributed by atoms with E-state index in [0.29, 0.717) is 34.9 Å². The van der Waals surface area contributed by atoms with Crippen molar-refractivity contribution in [3.8, 4) is 0 Å². The summed E-state index contributed by atoms with van der Waals surface area (Å²) in [6.07, 6.45) is 3.71. The molecule has 1 aromatic heterocycles. The molecule has 204 valence electrons. The maximum absolute atomic E-state index is 12.8. The number of aliphatic carboxylic acids is 1. The Bertz CT molecular complexity index is 1550. The number of hydrogen-bond acceptors (Lipinski definition) is 6. The van der Waals surface area contributed by atoms with Gasteiger partial charge in [0.2, 0.25) is 5.91 Å². The van der Waals surface area contributed by atoms with Crippen LogP contribution in [-0.4, -0.2) is 64.4 Å². The lowest BCUT2D eigenvalue weighted by atomic mass is 10.1. The molecule has 0 atom stereocenters. The number of carbonyl (C=O) groups excluding carboxylic acids is 2. The fourth-order valence-electron chi connectivity index (χ4n) is 4.90. The first-order valence-corrected chi connectivity index (χ1v) is 13.3. The number of carboxylic acids is 1. The molecule has 5 rings (SSSR count). The van der Waals surface area contributed by atoms with Crippen molar-refractivity contribution < 1.29 is 19.5 Å². The van der Waals surface area contributed by atoms with Gasteiger partial charge >= 0.3 is 5.97 Å². The van der Waals surface area contributed by atoms with E-state index in [1.807, 2.05) is 71.6 Å². The topological polar surface area (TPSA) is 116 Å². The van der Waals surface area contributed by atoms with Gasteiger partial charge in [-0.05, 0) is 53.4 Å². The van der Waals surface area contributed by atoms with Gasteiger partial charge in [0, 0.05) is 49.6 Å². The van der Waals surface area contributed by atoms with Crippen molar-refractivity contribution in [1.82, 2.24) is 14.9 Å². The molecule has 0 saturated carbocycles. The molecule has 0 aliphatic carbocycles. The van der Waals surface area contributed by atoms with Gasteiger partial charge in [-0.2, -0.15) is 0 Å². The molecule has 0 bridgehead atoms. The summed E-state index contributed by atoms with van der Waals surface area (Å²) < 4.78 is 0. The van der Waals surface area contributed by atoms with E-state index in [-0.39, 0.29) is 24.8 Å². The Morgan fingerprint density at radius 2 is 1.70 bits per heavy atom. The molecule has 1 aliphatic heterocycles. The molecule has 3 aromatic carbocycles. The summed E-state index contributed by atoms with van der Waals surface area (Å²) in [5.74, 6) is -0.218. The van der Waals surface area contributed by atoms with E-state index in [2.05, 4.69) is 15.3 Å². The monoisotopic (exact) mass is 537 g/mol. The predicted octanol–water partition coefficient (Wildman–Crippen LogP) is 4.16. The third-order valence-corrected chi connectivity index (χ3v) is 7.01. The van der Waals surface area contributed by atoms with Crippen molar-refractivity contribution in [3.05, 3.63) is 95.4 Å². The van der Waals surface area contributed by atoms with Gasteiger partial charge in [-0.1, -0.05) is 42.5 Å². The highest BCUT2D eigenvalue weighted by Gasteiger charge is 2.22. The maximum Gasteiger partial charge on any atom is 0.308 e. The number of carboxylic acid groups (broad SMARTS) is 1. The average molecular weight is 538 g/mol. The molecule has 0 unspecified atom stereocenters. The zero-order valence-corrected chi connectivity index (χ0v) is 22.3. The smallest absolute Gasteiger partial charge is 0.308 e. The number of carbonyl (C=O) groups is 3. The first kappa shape index (κ1) is 26.8. The maximum atomic E-state index is 12.8. The summed E-state index contributed by atoms with van der Waals surface area (Å²) in [6, 6.07) is 21.0. The largest absolute Gasteiger partial charge is 0.481 e. The van der Waals surface area contributed by atoms with Crippen LogP contribution >= 0.6 is 0 Å². The van der Waals surface area contributed by atoms with Gasteiger partial charge in [0.15, 0.2) is 0 Å². The number of amides is 2. The quantitative estimate of drug-likeness (QED) is 0.329. The molecular weight excluding hydrogens is 506 g/mol. The lowest BCUT2D eigenvalue weighted by Crippen LogP contribution is -2.38. The second-order valence-electron chi connectivity index (χ2n) is 10.0. The Morgan fingerprint density at radius 3 is 2.42 bits per heavy atom. The number of nitrogens with one attached hydrogen (secondary N) is 1. The minimum atomic E-state index is -0.988. The lowest BCUT2D eigenvalue weighted by molar-refractivity contribution is -0.136. The van der Waals surface area contributed by atoms with E-state index in [1.54, 1.807) is 11.9 Å². The van der Waals surface area contributed by atoms with Crippen molar-refractivity contribution in [2.45, 2.75) is 25.7 Å². The molecule has 2 heterocycles. The second-order valence-corrected chi connectivity index (χ2v) is 10.0. The van der Waals surface area contributed by atoms with E-state index in [1.165, 1.54) is 6.20 Å². The van der Waals surface area contributed by atoms with Crippen molar-refractivity contribution in [1.29, 1.82) is 0 Å². The van der Waals surface area contributed by atoms with Crippen LogP contribution in [0.5, 0.6) is 0 Å². The van der Waals surface area contributed by atoms with Crippen LogP contribution in [-0.2, 0) is 22.4 Å². The Kier molecular flexibility index (Phi) is 8.00. The molecule has 9 nitrogen and oxygen atoms in total. The summed E-state index contributed by atoms with van der Waals surface area (Å²) in [5.41, 5.74) is 2.63. The van der Waals surface area contributed by atoms with Crippen LogP contribution in [0.15, 0.2) is 72.9 Å². The SMILES string of the molecule is CN(CC(=O)N1CCCC1)c1nc(Cc2ccc(NC(=O)c3ccc4ccccc4c3)cc2)ncc1CC(=O)O. The molecule has 2 amide bonds. The highest BCUT2D eigenvalue weighted by atomic mass is 16.4. The van der Waals surface area contributed by atoms with E-state index in [9.17, 15) is 19.5 Å². The van der Waals surface area contributed by atoms with Gasteiger partial charge in [-0.25, -0.2) is 9.97 Å². The van der Waals surface area contributed by atoms with Gasteiger partial charge in [0.05, 0.1) is 13.0 Å². The normalized spacial score (nSPS) is 12.9. The molecular formula is C31H31N5O4. The third kappa shape index (κ3) is 6.43. The van der Waals surface area contributed by atoms with Gasteiger partial charge < -0.3 is 20.2 Å². The number of likely N-dealkylation sites (N-methyl/N-ethyl adjacent to an activating group) is 1. The van der Waals surface area contributed by atoms with Crippen molar-refractivity contribution in [2.24, 2.45) is 0 Å². The fraction of sp³-hybridized carbons (Fsp3) is 0.258. The van der Waals surface area contributed by atoms with Gasteiger partial charge in [-0.3, -0.25) is 14.4 Å². The standard InChI is InChI=1S/C31H31N5O4/c1-35(20-28(37)36-14-4-5-15-36)30-25(18-29(38)39)19-32-27(34-30)16-21-8-12-26(13-9-21)33-31(40)24-11-10-22-6-2-3-7-23(22)17-24/h2-3,6-13,17,19H,4-5,14-16,18,20H2,1H3,(H,33,40)(H,38,39). The lowest BCUT2D eigenvalue weighted by Gasteiger charge is -2.24. The third-order valence-electron chi connectivity index (χ3n) is 7.01. The second kappa shape index (κ2) is 11.9. The van der Waals surface area contributed by atoms with Crippen LogP contribution in [0.2, 0.25) is 0 Å². The van der Waals surface area contributed by atoms with Crippen LogP contribution in [0.1, 0.15) is 40.2 Å². The summed E-state index contributed by atoms with van der Waals surface area (Å²) >= 11 is 0. The minimum Gasteiger partial charge on any atom is -0.481 e. The van der Waals surface area contributed by atoms with Crippen molar-refractivity contribution >= 4 is 40.1 Å². The number of benzene rings is 3. The zero-order valence-electron chi connectivity index (χ0n) is 22.3. The van der Waals surface area contributed by atoms with E-state index >= 15 is 0 Å². The molecule has 9 heteroatoms. The van der Waals surface area contributed by atoms with Gasteiger partial charge in [-0.15, -0.1) is 0 Å². The molecule has 1 saturated heterocycles. The molecule has 40 heavy (non-hydrogen) atoms. The Labute approximate surface area is 232 Å². The molecule has 2 N–H and O–H groups in total. The van der Waals surface area contributed by atoms with Crippen LogP contribution in [0.25, 0.3) is 10.8 Å². The van der Waals surface area contributed by atoms with E-state index < -0.39 is 5.97 Å². The summed E-state index contributed by atoms with van der Waals surface area (Å²) in [6.45, 7) is 1.62. The molecule has 0 radical (unpaired) electrons. The molecule has 0 spiro atoms. The van der Waals surface area contributed by atoms with E-state index in [4.69, 9.17) is 0 Å². The number of rotatable bonds is 9. The van der Waals surface area contributed by atoms with Gasteiger partial charge in [0.25, 0.3) is 5.91 Å². The first-order valence-electron chi connectivity index (χ1n) is 13.3. The van der Waals surface area contributed by atoms with Crippen molar-refractivity contribution in [2.75, 3.05) is 36.9 Å². The number of nitrogens with zero attached hydrogens (tertiary/aromatic N) is 4. The summed E-state index contributed by atoms with van der Waals surface area (Å²) in [7, 11) is 1.75. The predicted molar refractivity (Wildman–Crippen MR) is 154 cm³/mol.